The van der Waals surface area contributed by atoms with Gasteiger partial charge in [0.15, 0.2) is 11.1 Å². The fourth-order valence-electron chi connectivity index (χ4n) is 0.688. The molecule has 2 unspecified atom stereocenters. The van der Waals surface area contributed by atoms with Crippen LogP contribution >= 0.6 is 0 Å². The summed E-state index contributed by atoms with van der Waals surface area (Å²) in [4.78, 5) is 0. The van der Waals surface area contributed by atoms with Crippen LogP contribution < -0.4 is 5.32 Å². The van der Waals surface area contributed by atoms with Gasteiger partial charge in [-0.05, 0) is 26.3 Å². The molecule has 0 aliphatic carbocycles. The topological polar surface area (TPSA) is 49.3 Å². The highest BCUT2D eigenvalue weighted by Gasteiger charge is 1.97. The number of hydrogen-bond donors (Lipinski definition) is 2. The standard InChI is InChI=1S/C7H17NO2S/c1-3-7(2)8-5-4-6-11(9)10/h7-8H,3-6H2,1-2H3,(H,9,10). The zero-order chi connectivity index (χ0) is 8.69. The zero-order valence-corrected chi connectivity index (χ0v) is 7.99. The van der Waals surface area contributed by atoms with Crippen molar-refractivity contribution in [2.24, 2.45) is 0 Å². The first-order chi connectivity index (χ1) is 5.16. The fraction of sp³-hybridized carbons (Fsp3) is 1.00. The van der Waals surface area contributed by atoms with Crippen LogP contribution in [0.1, 0.15) is 26.7 Å². The first kappa shape index (κ1) is 11.1. The summed E-state index contributed by atoms with van der Waals surface area (Å²) in [6, 6.07) is 0.516. The quantitative estimate of drug-likeness (QED) is 0.472. The lowest BCUT2D eigenvalue weighted by Gasteiger charge is -2.09. The van der Waals surface area contributed by atoms with Crippen molar-refractivity contribution < 1.29 is 8.76 Å². The van der Waals surface area contributed by atoms with E-state index in [2.05, 4.69) is 19.2 Å². The summed E-state index contributed by atoms with van der Waals surface area (Å²) in [6.07, 6.45) is 1.87. The highest BCUT2D eigenvalue weighted by molar-refractivity contribution is 7.79. The molecule has 0 aromatic carbocycles. The minimum atomic E-state index is -1.62. The van der Waals surface area contributed by atoms with Crippen molar-refractivity contribution in [3.63, 3.8) is 0 Å². The van der Waals surface area contributed by atoms with Gasteiger partial charge in [0.1, 0.15) is 0 Å². The van der Waals surface area contributed by atoms with Crippen molar-refractivity contribution in [2.45, 2.75) is 32.7 Å². The highest BCUT2D eigenvalue weighted by atomic mass is 32.2. The molecule has 11 heavy (non-hydrogen) atoms. The molecule has 2 N–H and O–H groups in total. The van der Waals surface area contributed by atoms with E-state index >= 15 is 0 Å². The van der Waals surface area contributed by atoms with Crippen molar-refractivity contribution in [1.29, 1.82) is 0 Å². The summed E-state index contributed by atoms with van der Waals surface area (Å²) >= 11 is -1.62. The van der Waals surface area contributed by atoms with Crippen LogP contribution in [0.4, 0.5) is 0 Å². The molecule has 0 amide bonds. The van der Waals surface area contributed by atoms with Gasteiger partial charge in [-0.1, -0.05) is 6.92 Å². The SMILES string of the molecule is CCC(C)NCCCS(=O)O. The smallest absolute Gasteiger partial charge is 0.152 e. The Balaban J connectivity index is 3.08. The van der Waals surface area contributed by atoms with E-state index in [0.717, 1.165) is 19.4 Å². The molecule has 0 aliphatic heterocycles. The van der Waals surface area contributed by atoms with Crippen LogP contribution in [0.3, 0.4) is 0 Å². The van der Waals surface area contributed by atoms with Crippen LogP contribution in [0.15, 0.2) is 0 Å². The van der Waals surface area contributed by atoms with Gasteiger partial charge in [0.05, 0.1) is 5.75 Å². The third-order valence-corrected chi connectivity index (χ3v) is 2.24. The fourth-order valence-corrected chi connectivity index (χ4v) is 1.08. The van der Waals surface area contributed by atoms with Gasteiger partial charge in [-0.15, -0.1) is 0 Å². The van der Waals surface area contributed by atoms with Gasteiger partial charge in [0.2, 0.25) is 0 Å². The molecular formula is C7H17NO2S. The molecule has 3 nitrogen and oxygen atoms in total. The number of nitrogens with one attached hydrogen (secondary N) is 1. The Kier molecular flexibility index (Phi) is 6.80. The predicted octanol–water partition coefficient (Wildman–Crippen LogP) is 0.986. The van der Waals surface area contributed by atoms with Gasteiger partial charge in [0, 0.05) is 6.04 Å². The minimum absolute atomic E-state index is 0.378. The average molecular weight is 179 g/mol. The molecule has 2 atom stereocenters. The van der Waals surface area contributed by atoms with Crippen LogP contribution in [0.25, 0.3) is 0 Å². The summed E-state index contributed by atoms with van der Waals surface area (Å²) in [5, 5.41) is 3.24. The van der Waals surface area contributed by atoms with Crippen LogP contribution in [0, 0.1) is 0 Å². The number of rotatable bonds is 6. The van der Waals surface area contributed by atoms with Crippen LogP contribution in [-0.2, 0) is 11.1 Å². The molecule has 0 bridgehead atoms. The second-order valence-corrected chi connectivity index (χ2v) is 3.69. The third-order valence-electron chi connectivity index (χ3n) is 1.60. The van der Waals surface area contributed by atoms with Gasteiger partial charge in [-0.25, -0.2) is 4.21 Å². The van der Waals surface area contributed by atoms with Crippen molar-refractivity contribution >= 4 is 11.1 Å². The molecule has 0 aromatic rings. The lowest BCUT2D eigenvalue weighted by atomic mass is 10.2. The minimum Gasteiger partial charge on any atom is -0.314 e. The maximum absolute atomic E-state index is 10.2. The van der Waals surface area contributed by atoms with Crippen molar-refractivity contribution in [3.05, 3.63) is 0 Å². The first-order valence-electron chi connectivity index (χ1n) is 3.97. The summed E-state index contributed by atoms with van der Waals surface area (Å²) < 4.78 is 18.6. The number of hydrogen-bond acceptors (Lipinski definition) is 2. The van der Waals surface area contributed by atoms with Crippen LogP contribution in [0.2, 0.25) is 0 Å². The Labute approximate surface area is 70.9 Å². The van der Waals surface area contributed by atoms with E-state index < -0.39 is 11.1 Å². The van der Waals surface area contributed by atoms with Crippen molar-refractivity contribution in [1.82, 2.24) is 5.32 Å². The predicted molar refractivity (Wildman–Crippen MR) is 48.0 cm³/mol. The molecule has 68 valence electrons. The molecule has 4 heteroatoms. The maximum atomic E-state index is 10.2. The summed E-state index contributed by atoms with van der Waals surface area (Å²) in [6.45, 7) is 5.05. The Morgan fingerprint density at radius 2 is 2.27 bits per heavy atom. The normalized spacial score (nSPS) is 16.3. The molecule has 0 aliphatic rings. The molecule has 0 fully saturated rings. The molecule has 0 aromatic heterocycles. The molecule has 0 radical (unpaired) electrons. The summed E-state index contributed by atoms with van der Waals surface area (Å²) in [5.74, 6) is 0.378. The highest BCUT2D eigenvalue weighted by Crippen LogP contribution is 1.88. The van der Waals surface area contributed by atoms with E-state index in [-0.39, 0.29) is 0 Å². The molecule has 0 spiro atoms. The molecule has 0 heterocycles. The summed E-state index contributed by atoms with van der Waals surface area (Å²) in [7, 11) is 0. The van der Waals surface area contributed by atoms with Crippen LogP contribution in [-0.4, -0.2) is 27.1 Å². The first-order valence-corrected chi connectivity index (χ1v) is 5.25. The van der Waals surface area contributed by atoms with Gasteiger partial charge in [0.25, 0.3) is 0 Å². The zero-order valence-electron chi connectivity index (χ0n) is 7.17. The second-order valence-electron chi connectivity index (χ2n) is 2.64. The van der Waals surface area contributed by atoms with Gasteiger partial charge >= 0.3 is 0 Å². The lowest BCUT2D eigenvalue weighted by molar-refractivity contribution is 0.524. The van der Waals surface area contributed by atoms with Crippen molar-refractivity contribution in [2.75, 3.05) is 12.3 Å². The summed E-state index contributed by atoms with van der Waals surface area (Å²) in [5.41, 5.74) is 0. The van der Waals surface area contributed by atoms with E-state index in [0.29, 0.717) is 11.8 Å². The second kappa shape index (κ2) is 6.76. The van der Waals surface area contributed by atoms with E-state index in [1.807, 2.05) is 0 Å². The van der Waals surface area contributed by atoms with Crippen LogP contribution in [0.5, 0.6) is 0 Å². The molecular weight excluding hydrogens is 162 g/mol. The van der Waals surface area contributed by atoms with E-state index in [4.69, 9.17) is 4.55 Å². The van der Waals surface area contributed by atoms with Crippen molar-refractivity contribution in [3.8, 4) is 0 Å². The Morgan fingerprint density at radius 1 is 1.64 bits per heavy atom. The monoisotopic (exact) mass is 179 g/mol. The third kappa shape index (κ3) is 7.97. The maximum Gasteiger partial charge on any atom is 0.152 e. The largest absolute Gasteiger partial charge is 0.314 e. The van der Waals surface area contributed by atoms with Gasteiger partial charge in [-0.2, -0.15) is 0 Å². The van der Waals surface area contributed by atoms with E-state index in [1.54, 1.807) is 0 Å². The van der Waals surface area contributed by atoms with E-state index in [1.165, 1.54) is 0 Å². The average Bonchev–Trinajstić information content (AvgIpc) is 1.97. The van der Waals surface area contributed by atoms with Gasteiger partial charge < -0.3 is 9.87 Å². The van der Waals surface area contributed by atoms with E-state index in [9.17, 15) is 4.21 Å². The Morgan fingerprint density at radius 3 is 2.73 bits per heavy atom. The lowest BCUT2D eigenvalue weighted by Crippen LogP contribution is -2.26. The molecule has 0 rings (SSSR count). The Bertz CT molecular complexity index is 119. The Hall–Kier alpha value is 0.0700. The molecule has 0 saturated heterocycles. The molecule has 0 saturated carbocycles. The van der Waals surface area contributed by atoms with Gasteiger partial charge in [-0.3, -0.25) is 0 Å².